The Morgan fingerprint density at radius 2 is 2.24 bits per heavy atom. The minimum atomic E-state index is -0.709. The number of ether oxygens (including phenoxy) is 1. The summed E-state index contributed by atoms with van der Waals surface area (Å²) < 4.78 is 5.41. The molecule has 4 nitrogen and oxygen atoms in total. The molecule has 2 rings (SSSR count). The highest BCUT2D eigenvalue weighted by Gasteiger charge is 2.32. The first-order valence-electron chi connectivity index (χ1n) is 7.65. The molecular formula is C17H25NO3. The number of nitrogens with zero attached hydrogens (tertiary/aromatic N) is 1. The normalized spacial score (nSPS) is 23.0. The fourth-order valence-electron chi connectivity index (χ4n) is 3.15. The molecule has 1 aromatic rings. The third kappa shape index (κ3) is 3.76. The molecule has 4 heteroatoms. The van der Waals surface area contributed by atoms with Crippen LogP contribution in [0.1, 0.15) is 37.3 Å². The molecule has 2 atom stereocenters. The van der Waals surface area contributed by atoms with Gasteiger partial charge in [0.25, 0.3) is 0 Å². The van der Waals surface area contributed by atoms with Gasteiger partial charge < -0.3 is 9.84 Å². The van der Waals surface area contributed by atoms with Gasteiger partial charge in [-0.05, 0) is 38.3 Å². The number of carbonyl (C=O) groups is 1. The molecular weight excluding hydrogens is 266 g/mol. The fraction of sp³-hybridized carbons (Fsp3) is 0.588. The van der Waals surface area contributed by atoms with Gasteiger partial charge in [-0.3, -0.25) is 9.69 Å². The van der Waals surface area contributed by atoms with Gasteiger partial charge >= 0.3 is 5.97 Å². The van der Waals surface area contributed by atoms with Crippen LogP contribution in [-0.4, -0.2) is 35.7 Å². The number of methoxy groups -OCH3 is 1. The number of hydrogen-bond donors (Lipinski definition) is 1. The largest absolute Gasteiger partial charge is 0.496 e. The van der Waals surface area contributed by atoms with Crippen molar-refractivity contribution in [1.82, 2.24) is 4.90 Å². The number of piperidine rings is 1. The van der Waals surface area contributed by atoms with Crippen LogP contribution in [0.25, 0.3) is 0 Å². The van der Waals surface area contributed by atoms with Gasteiger partial charge in [0.1, 0.15) is 11.8 Å². The molecule has 0 aromatic heterocycles. The van der Waals surface area contributed by atoms with Gasteiger partial charge in [0.2, 0.25) is 0 Å². The number of aryl methyl sites for hydroxylation is 1. The Hall–Kier alpha value is -1.55. The lowest BCUT2D eigenvalue weighted by Crippen LogP contribution is -2.46. The van der Waals surface area contributed by atoms with E-state index in [1.165, 1.54) is 5.56 Å². The maximum absolute atomic E-state index is 11.6. The van der Waals surface area contributed by atoms with Gasteiger partial charge in [-0.1, -0.05) is 31.0 Å². The molecule has 0 bridgehead atoms. The molecule has 116 valence electrons. The molecule has 0 amide bonds. The molecule has 1 fully saturated rings. The van der Waals surface area contributed by atoms with E-state index in [9.17, 15) is 9.90 Å². The second-order valence-corrected chi connectivity index (χ2v) is 5.94. The lowest BCUT2D eigenvalue weighted by atomic mass is 9.88. The summed E-state index contributed by atoms with van der Waals surface area (Å²) in [4.78, 5) is 13.6. The van der Waals surface area contributed by atoms with E-state index >= 15 is 0 Å². The lowest BCUT2D eigenvalue weighted by molar-refractivity contribution is -0.145. The number of carboxylic acid groups (broad SMARTS) is 1. The van der Waals surface area contributed by atoms with Gasteiger partial charge in [0.05, 0.1) is 7.11 Å². The fourth-order valence-corrected chi connectivity index (χ4v) is 3.15. The van der Waals surface area contributed by atoms with E-state index in [4.69, 9.17) is 4.74 Å². The van der Waals surface area contributed by atoms with Crippen molar-refractivity contribution >= 4 is 5.97 Å². The smallest absolute Gasteiger partial charge is 0.320 e. The van der Waals surface area contributed by atoms with Crippen molar-refractivity contribution in [3.63, 3.8) is 0 Å². The minimum absolute atomic E-state index is 0.381. The van der Waals surface area contributed by atoms with Gasteiger partial charge in [-0.25, -0.2) is 0 Å². The van der Waals surface area contributed by atoms with Crippen LogP contribution in [0.5, 0.6) is 5.75 Å². The predicted molar refractivity (Wildman–Crippen MR) is 82.6 cm³/mol. The molecule has 1 saturated heterocycles. The monoisotopic (exact) mass is 291 g/mol. The van der Waals surface area contributed by atoms with Gasteiger partial charge in [-0.2, -0.15) is 0 Å². The Labute approximate surface area is 126 Å². The standard InChI is InChI=1S/C17H25NO3/c1-4-13-7-8-18(15(10-13)17(19)20)11-14-9-12(2)5-6-16(14)21-3/h5-6,9,13,15H,4,7-8,10-11H2,1-3H3,(H,19,20). The van der Waals surface area contributed by atoms with E-state index in [2.05, 4.69) is 17.9 Å². The highest BCUT2D eigenvalue weighted by Crippen LogP contribution is 2.29. The number of hydrogen-bond acceptors (Lipinski definition) is 3. The second-order valence-electron chi connectivity index (χ2n) is 5.94. The van der Waals surface area contributed by atoms with E-state index in [0.29, 0.717) is 12.5 Å². The zero-order valence-corrected chi connectivity index (χ0v) is 13.1. The zero-order valence-electron chi connectivity index (χ0n) is 13.1. The lowest BCUT2D eigenvalue weighted by Gasteiger charge is -2.37. The number of rotatable bonds is 5. The van der Waals surface area contributed by atoms with E-state index in [-0.39, 0.29) is 6.04 Å². The highest BCUT2D eigenvalue weighted by molar-refractivity contribution is 5.73. The highest BCUT2D eigenvalue weighted by atomic mass is 16.5. The van der Waals surface area contributed by atoms with Crippen molar-refractivity contribution in [2.45, 2.75) is 45.7 Å². The summed E-state index contributed by atoms with van der Waals surface area (Å²) in [5, 5.41) is 9.51. The van der Waals surface area contributed by atoms with Crippen molar-refractivity contribution in [3.8, 4) is 5.75 Å². The molecule has 1 heterocycles. The average Bonchev–Trinajstić information content (AvgIpc) is 2.47. The Balaban J connectivity index is 2.17. The summed E-state index contributed by atoms with van der Waals surface area (Å²) in [7, 11) is 1.66. The van der Waals surface area contributed by atoms with Crippen molar-refractivity contribution < 1.29 is 14.6 Å². The Morgan fingerprint density at radius 3 is 2.86 bits per heavy atom. The van der Waals surface area contributed by atoms with Crippen molar-refractivity contribution in [3.05, 3.63) is 29.3 Å². The van der Waals surface area contributed by atoms with Crippen molar-refractivity contribution in [1.29, 1.82) is 0 Å². The third-order valence-electron chi connectivity index (χ3n) is 4.49. The van der Waals surface area contributed by atoms with Crippen LogP contribution in [0.2, 0.25) is 0 Å². The van der Waals surface area contributed by atoms with Gasteiger partial charge in [0.15, 0.2) is 0 Å². The maximum atomic E-state index is 11.6. The van der Waals surface area contributed by atoms with Crippen LogP contribution < -0.4 is 4.74 Å². The molecule has 0 aliphatic carbocycles. The molecule has 1 N–H and O–H groups in total. The van der Waals surface area contributed by atoms with Crippen molar-refractivity contribution in [2.75, 3.05) is 13.7 Å². The van der Waals surface area contributed by atoms with Crippen LogP contribution in [0.4, 0.5) is 0 Å². The van der Waals surface area contributed by atoms with Gasteiger partial charge in [0, 0.05) is 12.1 Å². The number of benzene rings is 1. The van der Waals surface area contributed by atoms with E-state index in [1.807, 2.05) is 19.1 Å². The molecule has 0 saturated carbocycles. The van der Waals surface area contributed by atoms with E-state index < -0.39 is 5.97 Å². The molecule has 1 aliphatic rings. The Morgan fingerprint density at radius 1 is 1.48 bits per heavy atom. The average molecular weight is 291 g/mol. The van der Waals surface area contributed by atoms with Crippen LogP contribution >= 0.6 is 0 Å². The Kier molecular flexibility index (Phi) is 5.23. The first-order chi connectivity index (χ1) is 10.0. The third-order valence-corrected chi connectivity index (χ3v) is 4.49. The van der Waals surface area contributed by atoms with Gasteiger partial charge in [-0.15, -0.1) is 0 Å². The van der Waals surface area contributed by atoms with E-state index in [1.54, 1.807) is 7.11 Å². The quantitative estimate of drug-likeness (QED) is 0.905. The number of carboxylic acids is 1. The number of aliphatic carboxylic acids is 1. The van der Waals surface area contributed by atoms with Crippen LogP contribution in [0, 0.1) is 12.8 Å². The molecule has 1 aliphatic heterocycles. The predicted octanol–water partition coefficient (Wildman–Crippen LogP) is 3.08. The van der Waals surface area contributed by atoms with Crippen LogP contribution in [0.3, 0.4) is 0 Å². The van der Waals surface area contributed by atoms with Crippen LogP contribution in [0.15, 0.2) is 18.2 Å². The number of likely N-dealkylation sites (tertiary alicyclic amines) is 1. The summed E-state index contributed by atoms with van der Waals surface area (Å²) >= 11 is 0. The summed E-state index contributed by atoms with van der Waals surface area (Å²) in [6, 6.07) is 5.68. The van der Waals surface area contributed by atoms with Crippen molar-refractivity contribution in [2.24, 2.45) is 5.92 Å². The second kappa shape index (κ2) is 6.94. The molecule has 1 aromatic carbocycles. The molecule has 21 heavy (non-hydrogen) atoms. The minimum Gasteiger partial charge on any atom is -0.496 e. The first kappa shape index (κ1) is 15.8. The summed E-state index contributed by atoms with van der Waals surface area (Å²) in [5.74, 6) is 0.656. The SMILES string of the molecule is CCC1CCN(Cc2cc(C)ccc2OC)C(C(=O)O)C1. The van der Waals surface area contributed by atoms with E-state index in [0.717, 1.165) is 37.1 Å². The molecule has 0 radical (unpaired) electrons. The summed E-state index contributed by atoms with van der Waals surface area (Å²) in [5.41, 5.74) is 2.24. The first-order valence-corrected chi connectivity index (χ1v) is 7.65. The summed E-state index contributed by atoms with van der Waals surface area (Å²) in [6.45, 7) is 5.66. The molecule has 2 unspecified atom stereocenters. The maximum Gasteiger partial charge on any atom is 0.320 e. The molecule has 0 spiro atoms. The Bertz CT molecular complexity index is 501. The van der Waals surface area contributed by atoms with Crippen LogP contribution in [-0.2, 0) is 11.3 Å². The summed E-state index contributed by atoms with van der Waals surface area (Å²) in [6.07, 6.45) is 2.89. The topological polar surface area (TPSA) is 49.8 Å². The zero-order chi connectivity index (χ0) is 15.4.